The number of nitrogens with zero attached hydrogens (tertiary/aromatic N) is 1. The number of halogens is 1. The molecular formula is C13H18BrNO. The van der Waals surface area contributed by atoms with Crippen LogP contribution in [0.2, 0.25) is 0 Å². The van der Waals surface area contributed by atoms with Gasteiger partial charge in [-0.25, -0.2) is 0 Å². The molecule has 3 heteroatoms. The van der Waals surface area contributed by atoms with Gasteiger partial charge in [-0.3, -0.25) is 4.98 Å². The van der Waals surface area contributed by atoms with Crippen LogP contribution < -0.4 is 0 Å². The predicted molar refractivity (Wildman–Crippen MR) is 68.9 cm³/mol. The van der Waals surface area contributed by atoms with Gasteiger partial charge in [0.2, 0.25) is 0 Å². The molecule has 0 bridgehead atoms. The van der Waals surface area contributed by atoms with E-state index < -0.39 is 0 Å². The van der Waals surface area contributed by atoms with Crippen molar-refractivity contribution in [3.05, 3.63) is 30.1 Å². The van der Waals surface area contributed by atoms with Crippen molar-refractivity contribution in [3.8, 4) is 0 Å². The lowest BCUT2D eigenvalue weighted by Gasteiger charge is -2.42. The largest absolute Gasteiger partial charge is 0.378 e. The van der Waals surface area contributed by atoms with Crippen LogP contribution in [0, 0.1) is 0 Å². The minimum absolute atomic E-state index is 0.154. The highest BCUT2D eigenvalue weighted by Gasteiger charge is 2.38. The van der Waals surface area contributed by atoms with Crippen LogP contribution in [0.3, 0.4) is 0 Å². The average Bonchev–Trinajstić information content (AvgIpc) is 2.25. The van der Waals surface area contributed by atoms with Gasteiger partial charge in [-0.1, -0.05) is 15.9 Å². The molecule has 1 aromatic heterocycles. The van der Waals surface area contributed by atoms with Crippen LogP contribution in [0.5, 0.6) is 0 Å². The summed E-state index contributed by atoms with van der Waals surface area (Å²) in [4.78, 5) is 4.53. The molecular weight excluding hydrogens is 266 g/mol. The van der Waals surface area contributed by atoms with Crippen LogP contribution in [-0.4, -0.2) is 22.5 Å². The van der Waals surface area contributed by atoms with E-state index in [1.54, 1.807) is 0 Å². The average molecular weight is 284 g/mol. The van der Waals surface area contributed by atoms with Crippen LogP contribution in [0.25, 0.3) is 0 Å². The first-order chi connectivity index (χ1) is 7.74. The van der Waals surface area contributed by atoms with Crippen molar-refractivity contribution in [2.75, 3.05) is 7.11 Å². The Morgan fingerprint density at radius 2 is 2.12 bits per heavy atom. The number of ether oxygens (including phenoxy) is 1. The summed E-state index contributed by atoms with van der Waals surface area (Å²) in [5, 5.41) is 0. The van der Waals surface area contributed by atoms with Gasteiger partial charge in [-0.2, -0.15) is 0 Å². The Morgan fingerprint density at radius 1 is 1.44 bits per heavy atom. The van der Waals surface area contributed by atoms with Gasteiger partial charge in [0.05, 0.1) is 5.60 Å². The van der Waals surface area contributed by atoms with Crippen LogP contribution >= 0.6 is 15.9 Å². The van der Waals surface area contributed by atoms with E-state index in [1.165, 1.54) is 24.8 Å². The van der Waals surface area contributed by atoms with Gasteiger partial charge >= 0.3 is 0 Å². The maximum atomic E-state index is 5.64. The maximum absolute atomic E-state index is 5.64. The molecule has 2 nitrogen and oxygen atoms in total. The summed E-state index contributed by atoms with van der Waals surface area (Å²) in [6, 6.07) is 4.16. The topological polar surface area (TPSA) is 22.1 Å². The molecule has 0 radical (unpaired) electrons. The summed E-state index contributed by atoms with van der Waals surface area (Å²) in [7, 11) is 1.84. The molecule has 1 unspecified atom stereocenters. The van der Waals surface area contributed by atoms with Gasteiger partial charge in [0.15, 0.2) is 0 Å². The second-order valence-corrected chi connectivity index (χ2v) is 5.90. The smallest absolute Gasteiger partial charge is 0.0689 e. The lowest BCUT2D eigenvalue weighted by atomic mass is 9.76. The number of methoxy groups -OCH3 is 1. The quantitative estimate of drug-likeness (QED) is 0.774. The number of pyridine rings is 1. The second-order valence-electron chi connectivity index (χ2n) is 4.60. The van der Waals surface area contributed by atoms with E-state index in [4.69, 9.17) is 4.74 Å². The van der Waals surface area contributed by atoms with Crippen molar-refractivity contribution < 1.29 is 4.74 Å². The summed E-state index contributed by atoms with van der Waals surface area (Å²) in [6.45, 7) is 0. The fourth-order valence-corrected chi connectivity index (χ4v) is 3.28. The Labute approximate surface area is 106 Å². The first-order valence-electron chi connectivity index (χ1n) is 5.82. The first-order valence-corrected chi connectivity index (χ1v) is 6.74. The summed E-state index contributed by atoms with van der Waals surface area (Å²) >= 11 is 3.77. The standard InChI is InChI=1S/C13H18BrNO/c1-16-13(5-2-6-13)10-12(14)9-11-3-7-15-8-4-11/h3-4,7-8,12H,2,5-6,9-10H2,1H3. The zero-order valence-corrected chi connectivity index (χ0v) is 11.2. The van der Waals surface area contributed by atoms with Gasteiger partial charge in [-0.15, -0.1) is 0 Å². The van der Waals surface area contributed by atoms with E-state index in [0.717, 1.165) is 12.8 Å². The first kappa shape index (κ1) is 12.1. The highest BCUT2D eigenvalue weighted by atomic mass is 79.9. The van der Waals surface area contributed by atoms with Crippen LogP contribution in [0.4, 0.5) is 0 Å². The molecule has 0 spiro atoms. The van der Waals surface area contributed by atoms with E-state index >= 15 is 0 Å². The Bertz CT molecular complexity index is 318. The van der Waals surface area contributed by atoms with Crippen molar-refractivity contribution in [2.24, 2.45) is 0 Å². The molecule has 1 heterocycles. The monoisotopic (exact) mass is 283 g/mol. The molecule has 0 saturated heterocycles. The number of hydrogen-bond donors (Lipinski definition) is 0. The van der Waals surface area contributed by atoms with Gasteiger partial charge in [-0.05, 0) is 49.8 Å². The molecule has 0 amide bonds. The van der Waals surface area contributed by atoms with Crippen molar-refractivity contribution in [1.29, 1.82) is 0 Å². The third-order valence-corrected chi connectivity index (χ3v) is 4.15. The molecule has 1 aliphatic carbocycles. The highest BCUT2D eigenvalue weighted by Crippen LogP contribution is 2.40. The molecule has 1 fully saturated rings. The Hall–Kier alpha value is -0.410. The maximum Gasteiger partial charge on any atom is 0.0689 e. The van der Waals surface area contributed by atoms with E-state index in [9.17, 15) is 0 Å². The molecule has 1 saturated carbocycles. The van der Waals surface area contributed by atoms with E-state index in [2.05, 4.69) is 33.0 Å². The molecule has 0 aromatic carbocycles. The lowest BCUT2D eigenvalue weighted by Crippen LogP contribution is -2.41. The van der Waals surface area contributed by atoms with Crippen molar-refractivity contribution in [3.63, 3.8) is 0 Å². The summed E-state index contributed by atoms with van der Waals surface area (Å²) in [5.74, 6) is 0. The minimum atomic E-state index is 0.154. The Kier molecular flexibility index (Phi) is 3.98. The predicted octanol–water partition coefficient (Wildman–Crippen LogP) is 3.35. The normalized spacial score (nSPS) is 20.1. The Morgan fingerprint density at radius 3 is 2.62 bits per heavy atom. The summed E-state index contributed by atoms with van der Waals surface area (Å²) < 4.78 is 5.64. The highest BCUT2D eigenvalue weighted by molar-refractivity contribution is 9.09. The number of aromatic nitrogens is 1. The molecule has 0 aliphatic heterocycles. The molecule has 1 atom stereocenters. The van der Waals surface area contributed by atoms with Gasteiger partial charge in [0, 0.05) is 24.3 Å². The fourth-order valence-electron chi connectivity index (χ4n) is 2.31. The van der Waals surface area contributed by atoms with Gasteiger partial charge in [0.25, 0.3) is 0 Å². The summed E-state index contributed by atoms with van der Waals surface area (Å²) in [5.41, 5.74) is 1.49. The van der Waals surface area contributed by atoms with Crippen LogP contribution in [0.1, 0.15) is 31.2 Å². The summed E-state index contributed by atoms with van der Waals surface area (Å²) in [6.07, 6.45) is 9.58. The van der Waals surface area contributed by atoms with E-state index in [0.29, 0.717) is 4.83 Å². The number of alkyl halides is 1. The zero-order valence-electron chi connectivity index (χ0n) is 9.66. The minimum Gasteiger partial charge on any atom is -0.378 e. The van der Waals surface area contributed by atoms with E-state index in [-0.39, 0.29) is 5.60 Å². The molecule has 1 aromatic rings. The molecule has 2 rings (SSSR count). The third-order valence-electron chi connectivity index (χ3n) is 3.50. The SMILES string of the molecule is COC1(CC(Br)Cc2ccncc2)CCC1. The van der Waals surface area contributed by atoms with E-state index in [1.807, 2.05) is 19.5 Å². The molecule has 0 N–H and O–H groups in total. The second kappa shape index (κ2) is 5.28. The molecule has 1 aliphatic rings. The fraction of sp³-hybridized carbons (Fsp3) is 0.615. The number of rotatable bonds is 5. The molecule has 88 valence electrons. The molecule has 16 heavy (non-hydrogen) atoms. The third kappa shape index (κ3) is 2.83. The van der Waals surface area contributed by atoms with Crippen molar-refractivity contribution >= 4 is 15.9 Å². The zero-order chi connectivity index (χ0) is 11.4. The van der Waals surface area contributed by atoms with Crippen molar-refractivity contribution in [2.45, 2.75) is 42.5 Å². The van der Waals surface area contributed by atoms with Crippen molar-refractivity contribution in [1.82, 2.24) is 4.98 Å². The Balaban J connectivity index is 1.87. The van der Waals surface area contributed by atoms with Crippen LogP contribution in [-0.2, 0) is 11.2 Å². The van der Waals surface area contributed by atoms with Crippen LogP contribution in [0.15, 0.2) is 24.5 Å². The lowest BCUT2D eigenvalue weighted by molar-refractivity contribution is -0.0770. The number of hydrogen-bond acceptors (Lipinski definition) is 2. The van der Waals surface area contributed by atoms with Gasteiger partial charge < -0.3 is 4.74 Å². The van der Waals surface area contributed by atoms with Gasteiger partial charge in [0.1, 0.15) is 0 Å².